The molecule has 0 spiro atoms. The van der Waals surface area contributed by atoms with Crippen LogP contribution in [0.1, 0.15) is 35.5 Å². The molecule has 0 unspecified atom stereocenters. The summed E-state index contributed by atoms with van der Waals surface area (Å²) >= 11 is 6.31. The van der Waals surface area contributed by atoms with Crippen molar-refractivity contribution in [2.75, 3.05) is 13.2 Å². The second-order valence-corrected chi connectivity index (χ2v) is 5.45. The van der Waals surface area contributed by atoms with E-state index in [4.69, 9.17) is 25.5 Å². The zero-order valence-electron chi connectivity index (χ0n) is 12.1. The van der Waals surface area contributed by atoms with E-state index in [1.807, 2.05) is 13.0 Å². The predicted octanol–water partition coefficient (Wildman–Crippen LogP) is 3.59. The highest BCUT2D eigenvalue weighted by atomic mass is 35.5. The third-order valence-corrected chi connectivity index (χ3v) is 3.75. The first-order valence-electron chi connectivity index (χ1n) is 7.08. The van der Waals surface area contributed by atoms with Crippen LogP contribution >= 0.6 is 11.6 Å². The number of carbonyl (C=O) groups excluding carboxylic acids is 1. The lowest BCUT2D eigenvalue weighted by molar-refractivity contribution is 0.0912. The van der Waals surface area contributed by atoms with Gasteiger partial charge in [-0.05, 0) is 30.7 Å². The topological polar surface area (TPSA) is 60.7 Å². The summed E-state index contributed by atoms with van der Waals surface area (Å²) in [5.74, 6) is 1.25. The van der Waals surface area contributed by atoms with Crippen LogP contribution in [0, 0.1) is 0 Å². The highest BCUT2D eigenvalue weighted by Crippen LogP contribution is 2.37. The molecule has 0 fully saturated rings. The van der Waals surface area contributed by atoms with Crippen LogP contribution in [-0.4, -0.2) is 19.1 Å². The normalized spacial score (nSPS) is 15.0. The second kappa shape index (κ2) is 6.32. The molecule has 1 N–H and O–H groups in total. The molecule has 1 aromatic carbocycles. The number of amides is 1. The Bertz CT molecular complexity index is 669. The zero-order chi connectivity index (χ0) is 15.5. The summed E-state index contributed by atoms with van der Waals surface area (Å²) in [6.07, 6.45) is 2.28. The molecular weight excluding hydrogens is 306 g/mol. The van der Waals surface area contributed by atoms with Crippen LogP contribution in [0.4, 0.5) is 0 Å². The summed E-state index contributed by atoms with van der Waals surface area (Å²) in [6.45, 7) is 3.06. The Labute approximate surface area is 133 Å². The van der Waals surface area contributed by atoms with Crippen molar-refractivity contribution < 1.29 is 18.7 Å². The number of nitrogens with one attached hydrogen (secondary N) is 1. The highest BCUT2D eigenvalue weighted by Gasteiger charge is 2.20. The Morgan fingerprint density at radius 2 is 2.00 bits per heavy atom. The van der Waals surface area contributed by atoms with E-state index in [9.17, 15) is 4.79 Å². The number of furan rings is 1. The first kappa shape index (κ1) is 14.8. The van der Waals surface area contributed by atoms with Gasteiger partial charge in [0.05, 0.1) is 25.5 Å². The molecule has 0 radical (unpaired) electrons. The summed E-state index contributed by atoms with van der Waals surface area (Å²) in [4.78, 5) is 12.0. The maximum Gasteiger partial charge on any atom is 0.287 e. The highest BCUT2D eigenvalue weighted by molar-refractivity contribution is 6.31. The number of rotatable bonds is 3. The van der Waals surface area contributed by atoms with Crippen LogP contribution in [0.3, 0.4) is 0 Å². The number of fused-ring (bicyclic) bond motifs is 1. The van der Waals surface area contributed by atoms with Crippen LogP contribution in [0.25, 0.3) is 0 Å². The summed E-state index contributed by atoms with van der Waals surface area (Å²) in [7, 11) is 0. The number of hydrogen-bond donors (Lipinski definition) is 1. The van der Waals surface area contributed by atoms with Gasteiger partial charge in [-0.25, -0.2) is 0 Å². The Morgan fingerprint density at radius 3 is 2.68 bits per heavy atom. The molecule has 22 heavy (non-hydrogen) atoms. The van der Waals surface area contributed by atoms with E-state index < -0.39 is 0 Å². The van der Waals surface area contributed by atoms with E-state index in [2.05, 4.69) is 5.32 Å². The van der Waals surface area contributed by atoms with Gasteiger partial charge < -0.3 is 19.2 Å². The third-order valence-electron chi connectivity index (χ3n) is 3.43. The lowest BCUT2D eigenvalue weighted by Gasteiger charge is -2.17. The monoisotopic (exact) mass is 321 g/mol. The number of carbonyl (C=O) groups is 1. The molecule has 1 aromatic heterocycles. The molecule has 1 atom stereocenters. The fraction of sp³-hybridized carbons (Fsp3) is 0.312. The van der Waals surface area contributed by atoms with Crippen LogP contribution < -0.4 is 14.8 Å². The summed E-state index contributed by atoms with van der Waals surface area (Å²) in [5, 5.41) is 3.37. The predicted molar refractivity (Wildman–Crippen MR) is 81.6 cm³/mol. The molecule has 0 aliphatic carbocycles. The Hall–Kier alpha value is -2.14. The molecule has 0 saturated carbocycles. The quantitative estimate of drug-likeness (QED) is 0.938. The maximum atomic E-state index is 12.0. The molecule has 0 bridgehead atoms. The van der Waals surface area contributed by atoms with Crippen molar-refractivity contribution >= 4 is 17.5 Å². The zero-order valence-corrected chi connectivity index (χ0v) is 12.9. The Balaban J connectivity index is 1.81. The van der Waals surface area contributed by atoms with Crippen molar-refractivity contribution in [2.45, 2.75) is 19.4 Å². The molecule has 6 heteroatoms. The summed E-state index contributed by atoms with van der Waals surface area (Å²) in [5.41, 5.74) is 0.769. The van der Waals surface area contributed by atoms with Gasteiger partial charge in [0.1, 0.15) is 0 Å². The van der Waals surface area contributed by atoms with Crippen molar-refractivity contribution in [3.8, 4) is 11.5 Å². The van der Waals surface area contributed by atoms with Gasteiger partial charge in [0, 0.05) is 17.5 Å². The molecule has 5 nitrogen and oxygen atoms in total. The molecule has 116 valence electrons. The van der Waals surface area contributed by atoms with Crippen molar-refractivity contribution in [1.29, 1.82) is 0 Å². The van der Waals surface area contributed by atoms with Crippen molar-refractivity contribution in [3.05, 3.63) is 46.9 Å². The van der Waals surface area contributed by atoms with E-state index in [0.29, 0.717) is 29.7 Å². The Morgan fingerprint density at radius 1 is 1.27 bits per heavy atom. The SMILES string of the molecule is C[C@@H](NC(=O)c1ccco1)c1cc2c(cc1Cl)OCCCO2. The van der Waals surface area contributed by atoms with E-state index in [0.717, 1.165) is 12.0 Å². The van der Waals surface area contributed by atoms with Gasteiger partial charge >= 0.3 is 0 Å². The molecule has 3 rings (SSSR count). The van der Waals surface area contributed by atoms with E-state index >= 15 is 0 Å². The first-order chi connectivity index (χ1) is 10.6. The molecule has 2 heterocycles. The van der Waals surface area contributed by atoms with Crippen molar-refractivity contribution in [1.82, 2.24) is 5.32 Å². The minimum atomic E-state index is -0.291. The minimum absolute atomic E-state index is 0.261. The van der Waals surface area contributed by atoms with Crippen LogP contribution in [-0.2, 0) is 0 Å². The van der Waals surface area contributed by atoms with Gasteiger partial charge in [-0.15, -0.1) is 0 Å². The average Bonchev–Trinajstić information content (AvgIpc) is 2.94. The van der Waals surface area contributed by atoms with Gasteiger partial charge in [0.25, 0.3) is 5.91 Å². The van der Waals surface area contributed by atoms with E-state index in [1.165, 1.54) is 6.26 Å². The Kier molecular flexibility index (Phi) is 4.24. The number of hydrogen-bond acceptors (Lipinski definition) is 4. The summed E-state index contributed by atoms with van der Waals surface area (Å²) in [6, 6.07) is 6.53. The smallest absolute Gasteiger partial charge is 0.287 e. The van der Waals surface area contributed by atoms with Crippen molar-refractivity contribution in [3.63, 3.8) is 0 Å². The molecule has 1 aliphatic heterocycles. The van der Waals surface area contributed by atoms with Gasteiger partial charge in [0.2, 0.25) is 0 Å². The lowest BCUT2D eigenvalue weighted by Crippen LogP contribution is -2.26. The average molecular weight is 322 g/mol. The number of benzene rings is 1. The molecule has 0 saturated heterocycles. The van der Waals surface area contributed by atoms with Gasteiger partial charge in [-0.3, -0.25) is 4.79 Å². The molecule has 2 aromatic rings. The van der Waals surface area contributed by atoms with Gasteiger partial charge in [0.15, 0.2) is 17.3 Å². The number of halogens is 1. The van der Waals surface area contributed by atoms with Gasteiger partial charge in [-0.2, -0.15) is 0 Å². The van der Waals surface area contributed by atoms with Crippen molar-refractivity contribution in [2.24, 2.45) is 0 Å². The molecule has 1 amide bonds. The molecule has 1 aliphatic rings. The fourth-order valence-electron chi connectivity index (χ4n) is 2.28. The fourth-order valence-corrected chi connectivity index (χ4v) is 2.60. The molecular formula is C16H16ClNO4. The van der Waals surface area contributed by atoms with E-state index in [1.54, 1.807) is 18.2 Å². The standard InChI is InChI=1S/C16H16ClNO4/c1-10(18-16(19)13-4-2-5-20-13)11-8-14-15(9-12(11)17)22-7-3-6-21-14/h2,4-5,8-10H,3,6-7H2,1H3,(H,18,19)/t10-/m1/s1. The van der Waals surface area contributed by atoms with E-state index in [-0.39, 0.29) is 17.7 Å². The lowest BCUT2D eigenvalue weighted by atomic mass is 10.1. The summed E-state index contributed by atoms with van der Waals surface area (Å²) < 4.78 is 16.3. The largest absolute Gasteiger partial charge is 0.490 e. The van der Waals surface area contributed by atoms with Crippen LogP contribution in [0.5, 0.6) is 11.5 Å². The third kappa shape index (κ3) is 3.04. The second-order valence-electron chi connectivity index (χ2n) is 5.04. The van der Waals surface area contributed by atoms with Crippen LogP contribution in [0.15, 0.2) is 34.9 Å². The number of ether oxygens (including phenoxy) is 2. The first-order valence-corrected chi connectivity index (χ1v) is 7.46. The maximum absolute atomic E-state index is 12.0. The minimum Gasteiger partial charge on any atom is -0.490 e. The van der Waals surface area contributed by atoms with Gasteiger partial charge in [-0.1, -0.05) is 11.6 Å². The van der Waals surface area contributed by atoms with Crippen LogP contribution in [0.2, 0.25) is 5.02 Å².